The second-order valence-corrected chi connectivity index (χ2v) is 7.29. The van der Waals surface area contributed by atoms with E-state index in [1.165, 1.54) is 12.1 Å². The third kappa shape index (κ3) is 4.15. The van der Waals surface area contributed by atoms with Gasteiger partial charge in [0.15, 0.2) is 0 Å². The zero-order valence-electron chi connectivity index (χ0n) is 10.3. The molecule has 1 aromatic rings. The van der Waals surface area contributed by atoms with E-state index in [0.29, 0.717) is 4.47 Å². The van der Waals surface area contributed by atoms with Gasteiger partial charge in [-0.05, 0) is 59.9 Å². The van der Waals surface area contributed by atoms with Crippen LogP contribution in [-0.4, -0.2) is 27.3 Å². The first kappa shape index (κ1) is 14.7. The third-order valence-corrected chi connectivity index (χ3v) is 5.22. The van der Waals surface area contributed by atoms with Gasteiger partial charge in [-0.3, -0.25) is 4.72 Å². The fraction of sp³-hybridized carbons (Fsp3) is 0.500. The van der Waals surface area contributed by atoms with E-state index in [0.717, 1.165) is 25.9 Å². The van der Waals surface area contributed by atoms with Crippen molar-refractivity contribution in [2.45, 2.75) is 12.8 Å². The molecule has 0 bridgehead atoms. The molecule has 7 heteroatoms. The maximum Gasteiger partial charge on any atom is 0.233 e. The van der Waals surface area contributed by atoms with Crippen LogP contribution in [0.3, 0.4) is 0 Å². The fourth-order valence-electron chi connectivity index (χ4n) is 2.15. The van der Waals surface area contributed by atoms with Gasteiger partial charge >= 0.3 is 0 Å². The van der Waals surface area contributed by atoms with Crippen LogP contribution >= 0.6 is 15.9 Å². The van der Waals surface area contributed by atoms with Crippen LogP contribution in [0.5, 0.6) is 0 Å². The average molecular weight is 351 g/mol. The van der Waals surface area contributed by atoms with Crippen LogP contribution in [0.1, 0.15) is 12.8 Å². The number of benzene rings is 1. The van der Waals surface area contributed by atoms with E-state index < -0.39 is 15.8 Å². The number of halogens is 2. The molecule has 0 spiro atoms. The van der Waals surface area contributed by atoms with Crippen LogP contribution in [0.15, 0.2) is 22.7 Å². The van der Waals surface area contributed by atoms with E-state index in [4.69, 9.17) is 0 Å². The molecule has 0 aromatic heterocycles. The molecule has 0 aliphatic carbocycles. The van der Waals surface area contributed by atoms with E-state index in [1.54, 1.807) is 6.07 Å². The monoisotopic (exact) mass is 350 g/mol. The fourth-order valence-corrected chi connectivity index (χ4v) is 4.28. The van der Waals surface area contributed by atoms with Crippen LogP contribution in [0.2, 0.25) is 0 Å². The van der Waals surface area contributed by atoms with Crippen molar-refractivity contribution in [3.63, 3.8) is 0 Å². The van der Waals surface area contributed by atoms with Crippen LogP contribution in [0.25, 0.3) is 0 Å². The molecule has 2 N–H and O–H groups in total. The summed E-state index contributed by atoms with van der Waals surface area (Å²) >= 11 is 3.15. The van der Waals surface area contributed by atoms with Gasteiger partial charge in [0.25, 0.3) is 0 Å². The highest BCUT2D eigenvalue weighted by atomic mass is 79.9. The zero-order chi connectivity index (χ0) is 13.9. The molecule has 0 unspecified atom stereocenters. The minimum Gasteiger partial charge on any atom is -0.317 e. The summed E-state index contributed by atoms with van der Waals surface area (Å²) in [6.07, 6.45) is 1.67. The normalized spacial score (nSPS) is 17.4. The van der Waals surface area contributed by atoms with Crippen LogP contribution in [0.4, 0.5) is 10.1 Å². The average Bonchev–Trinajstić information content (AvgIpc) is 2.35. The van der Waals surface area contributed by atoms with Crippen molar-refractivity contribution in [2.75, 3.05) is 23.6 Å². The molecule has 1 fully saturated rings. The Bertz CT molecular complexity index is 524. The lowest BCUT2D eigenvalue weighted by atomic mass is 10.0. The molecule has 4 nitrogen and oxygen atoms in total. The first-order chi connectivity index (χ1) is 8.98. The minimum absolute atomic E-state index is 0.0172. The second-order valence-electron chi connectivity index (χ2n) is 4.67. The van der Waals surface area contributed by atoms with Gasteiger partial charge in [-0.2, -0.15) is 0 Å². The lowest BCUT2D eigenvalue weighted by molar-refractivity contribution is 0.402. The lowest BCUT2D eigenvalue weighted by Crippen LogP contribution is -2.33. The molecule has 1 saturated heterocycles. The number of hydrogen-bond acceptors (Lipinski definition) is 3. The Morgan fingerprint density at radius 3 is 2.68 bits per heavy atom. The first-order valence-electron chi connectivity index (χ1n) is 6.13. The number of para-hydroxylation sites is 1. The highest BCUT2D eigenvalue weighted by Gasteiger charge is 2.22. The van der Waals surface area contributed by atoms with Gasteiger partial charge in [-0.25, -0.2) is 12.8 Å². The Morgan fingerprint density at radius 1 is 1.37 bits per heavy atom. The molecule has 2 rings (SSSR count). The molecule has 1 heterocycles. The Morgan fingerprint density at radius 2 is 2.05 bits per heavy atom. The molecule has 0 amide bonds. The van der Waals surface area contributed by atoms with Gasteiger partial charge in [-0.15, -0.1) is 0 Å². The number of nitrogens with one attached hydrogen (secondary N) is 2. The van der Waals surface area contributed by atoms with E-state index in [1.807, 2.05) is 0 Å². The predicted octanol–water partition coefficient (Wildman–Crippen LogP) is 2.33. The summed E-state index contributed by atoms with van der Waals surface area (Å²) in [5, 5.41) is 3.19. The van der Waals surface area contributed by atoms with Crippen molar-refractivity contribution >= 4 is 31.6 Å². The number of sulfonamides is 1. The Labute approximate surface area is 121 Å². The van der Waals surface area contributed by atoms with Gasteiger partial charge in [0.05, 0.1) is 11.4 Å². The lowest BCUT2D eigenvalue weighted by Gasteiger charge is -2.22. The number of hydrogen-bond donors (Lipinski definition) is 2. The van der Waals surface area contributed by atoms with Crippen LogP contribution in [0, 0.1) is 11.7 Å². The van der Waals surface area contributed by atoms with Crippen molar-refractivity contribution in [1.82, 2.24) is 5.32 Å². The van der Waals surface area contributed by atoms with Crippen molar-refractivity contribution in [3.05, 3.63) is 28.5 Å². The van der Waals surface area contributed by atoms with E-state index in [2.05, 4.69) is 26.0 Å². The maximum absolute atomic E-state index is 13.6. The topological polar surface area (TPSA) is 58.2 Å². The van der Waals surface area contributed by atoms with Crippen molar-refractivity contribution in [2.24, 2.45) is 5.92 Å². The number of piperidine rings is 1. The molecule has 0 radical (unpaired) electrons. The molecule has 1 aliphatic heterocycles. The van der Waals surface area contributed by atoms with Crippen molar-refractivity contribution in [1.29, 1.82) is 0 Å². The molecule has 19 heavy (non-hydrogen) atoms. The Hall–Kier alpha value is -0.660. The van der Waals surface area contributed by atoms with Crippen molar-refractivity contribution in [3.8, 4) is 0 Å². The summed E-state index contributed by atoms with van der Waals surface area (Å²) in [5.41, 5.74) is -0.0172. The van der Waals surface area contributed by atoms with Gasteiger partial charge in [0, 0.05) is 4.47 Å². The molecule has 0 saturated carbocycles. The van der Waals surface area contributed by atoms with Crippen LogP contribution < -0.4 is 10.0 Å². The highest BCUT2D eigenvalue weighted by Crippen LogP contribution is 2.27. The largest absolute Gasteiger partial charge is 0.317 e. The quantitative estimate of drug-likeness (QED) is 0.876. The standard InChI is InChI=1S/C12H16BrFN2O2S/c13-10-2-1-3-11(14)12(10)16-19(17,18)8-9-4-6-15-7-5-9/h1-3,9,15-16H,4-8H2. The molecule has 0 atom stereocenters. The molecule has 1 aliphatic rings. The summed E-state index contributed by atoms with van der Waals surface area (Å²) in [7, 11) is -3.53. The molecular weight excluding hydrogens is 335 g/mol. The summed E-state index contributed by atoms with van der Waals surface area (Å²) in [4.78, 5) is 0. The summed E-state index contributed by atoms with van der Waals surface area (Å²) in [6, 6.07) is 4.35. The Kier molecular flexibility index (Phi) is 4.81. The smallest absolute Gasteiger partial charge is 0.233 e. The molecule has 1 aromatic carbocycles. The highest BCUT2D eigenvalue weighted by molar-refractivity contribution is 9.10. The molecule has 106 valence electrons. The van der Waals surface area contributed by atoms with E-state index in [9.17, 15) is 12.8 Å². The van der Waals surface area contributed by atoms with Gasteiger partial charge in [0.2, 0.25) is 10.0 Å². The summed E-state index contributed by atoms with van der Waals surface area (Å²) in [5.74, 6) is -0.414. The second kappa shape index (κ2) is 6.19. The van der Waals surface area contributed by atoms with Crippen LogP contribution in [-0.2, 0) is 10.0 Å². The Balaban J connectivity index is 2.08. The summed E-state index contributed by atoms with van der Waals surface area (Å²) < 4.78 is 40.4. The third-order valence-electron chi connectivity index (χ3n) is 3.13. The number of anilines is 1. The summed E-state index contributed by atoms with van der Waals surface area (Å²) in [6.45, 7) is 1.67. The minimum atomic E-state index is -3.53. The van der Waals surface area contributed by atoms with E-state index >= 15 is 0 Å². The SMILES string of the molecule is O=S(=O)(CC1CCNCC1)Nc1c(F)cccc1Br. The van der Waals surface area contributed by atoms with Crippen molar-refractivity contribution < 1.29 is 12.8 Å². The zero-order valence-corrected chi connectivity index (χ0v) is 12.7. The predicted molar refractivity (Wildman–Crippen MR) is 77.1 cm³/mol. The molecular formula is C12H16BrFN2O2S. The van der Waals surface area contributed by atoms with Gasteiger partial charge in [0.1, 0.15) is 5.82 Å². The van der Waals surface area contributed by atoms with E-state index in [-0.39, 0.29) is 17.4 Å². The maximum atomic E-state index is 13.6. The number of rotatable bonds is 4. The first-order valence-corrected chi connectivity index (χ1v) is 8.58. The van der Waals surface area contributed by atoms with Gasteiger partial charge < -0.3 is 5.32 Å². The van der Waals surface area contributed by atoms with Gasteiger partial charge in [-0.1, -0.05) is 6.07 Å².